The van der Waals surface area contributed by atoms with Gasteiger partial charge in [-0.3, -0.25) is 0 Å². The number of rotatable bonds is 0. The number of fused-ring (bicyclic) bond motifs is 6. The predicted octanol–water partition coefficient (Wildman–Crippen LogP) is 4.62. The Morgan fingerprint density at radius 2 is 2.00 bits per heavy atom. The summed E-state index contributed by atoms with van der Waals surface area (Å²) >= 11 is 0. The van der Waals surface area contributed by atoms with Gasteiger partial charge in [-0.1, -0.05) is 30.7 Å². The first-order valence-electron chi connectivity index (χ1n) is 8.86. The van der Waals surface area contributed by atoms with E-state index in [2.05, 4.69) is 32.0 Å². The third kappa shape index (κ3) is 1.51. The SMILES string of the molecule is Cc1ccc2c(c1)CC[C@@H]1[C@@H]2CC[C@@]2(C)[C@H]1CC[C@]21CO1. The molecule has 3 aliphatic carbocycles. The monoisotopic (exact) mass is 282 g/mol. The van der Waals surface area contributed by atoms with Crippen LogP contribution in [0.25, 0.3) is 0 Å². The molecule has 21 heavy (non-hydrogen) atoms. The van der Waals surface area contributed by atoms with E-state index in [9.17, 15) is 0 Å². The van der Waals surface area contributed by atoms with Crippen LogP contribution in [-0.4, -0.2) is 12.2 Å². The molecule has 3 fully saturated rings. The number of benzene rings is 1. The maximum absolute atomic E-state index is 5.99. The van der Waals surface area contributed by atoms with Gasteiger partial charge in [-0.05, 0) is 74.3 Å². The van der Waals surface area contributed by atoms with Crippen molar-refractivity contribution in [2.75, 3.05) is 6.61 Å². The maximum Gasteiger partial charge on any atom is 0.0972 e. The van der Waals surface area contributed by atoms with Gasteiger partial charge in [0.15, 0.2) is 0 Å². The average Bonchev–Trinajstić information content (AvgIpc) is 3.20. The molecule has 5 atom stereocenters. The molecule has 1 heteroatoms. The second-order valence-electron chi connectivity index (χ2n) is 8.40. The van der Waals surface area contributed by atoms with Crippen LogP contribution < -0.4 is 0 Å². The van der Waals surface area contributed by atoms with Gasteiger partial charge in [0.25, 0.3) is 0 Å². The summed E-state index contributed by atoms with van der Waals surface area (Å²) in [5.74, 6) is 2.66. The van der Waals surface area contributed by atoms with Crippen molar-refractivity contribution in [2.24, 2.45) is 17.3 Å². The summed E-state index contributed by atoms with van der Waals surface area (Å²) in [4.78, 5) is 0. The molecule has 2 saturated carbocycles. The van der Waals surface area contributed by atoms with Crippen LogP contribution >= 0.6 is 0 Å². The number of ether oxygens (including phenoxy) is 1. The molecule has 1 spiro atoms. The van der Waals surface area contributed by atoms with E-state index in [-0.39, 0.29) is 0 Å². The third-order valence-electron chi connectivity index (χ3n) is 7.66. The molecule has 5 rings (SSSR count). The molecule has 0 amide bonds. The van der Waals surface area contributed by atoms with Crippen molar-refractivity contribution >= 4 is 0 Å². The number of hydrogen-bond acceptors (Lipinski definition) is 1. The highest BCUT2D eigenvalue weighted by molar-refractivity contribution is 5.38. The average molecular weight is 282 g/mol. The van der Waals surface area contributed by atoms with Gasteiger partial charge in [-0.2, -0.15) is 0 Å². The minimum absolute atomic E-state index is 0.302. The van der Waals surface area contributed by atoms with Crippen molar-refractivity contribution in [3.05, 3.63) is 34.9 Å². The summed E-state index contributed by atoms with van der Waals surface area (Å²) in [6.07, 6.45) is 8.23. The largest absolute Gasteiger partial charge is 0.369 e. The van der Waals surface area contributed by atoms with E-state index in [1.54, 1.807) is 11.1 Å². The molecule has 1 aromatic carbocycles. The Kier molecular flexibility index (Phi) is 2.37. The molecule has 0 aromatic heterocycles. The summed E-state index contributed by atoms with van der Waals surface area (Å²) in [6.45, 7) is 5.83. The molecule has 1 heterocycles. The van der Waals surface area contributed by atoms with Gasteiger partial charge >= 0.3 is 0 Å². The Bertz CT molecular complexity index is 600. The summed E-state index contributed by atoms with van der Waals surface area (Å²) in [6, 6.07) is 7.22. The van der Waals surface area contributed by atoms with Crippen molar-refractivity contribution in [3.8, 4) is 0 Å². The Labute approximate surface area is 128 Å². The zero-order valence-corrected chi connectivity index (χ0v) is 13.3. The first-order valence-corrected chi connectivity index (χ1v) is 8.86. The van der Waals surface area contributed by atoms with E-state index in [1.807, 2.05) is 0 Å². The lowest BCUT2D eigenvalue weighted by molar-refractivity contribution is 0.0121. The van der Waals surface area contributed by atoms with Crippen molar-refractivity contribution in [1.29, 1.82) is 0 Å². The zero-order chi connectivity index (χ0) is 14.2. The molecule has 112 valence electrons. The number of hydrogen-bond donors (Lipinski definition) is 0. The zero-order valence-electron chi connectivity index (χ0n) is 13.3. The summed E-state index contributed by atoms with van der Waals surface area (Å²) in [7, 11) is 0. The van der Waals surface area contributed by atoms with E-state index in [0.29, 0.717) is 11.0 Å². The summed E-state index contributed by atoms with van der Waals surface area (Å²) in [5.41, 5.74) is 5.55. The van der Waals surface area contributed by atoms with Crippen molar-refractivity contribution in [3.63, 3.8) is 0 Å². The van der Waals surface area contributed by atoms with Crippen LogP contribution in [-0.2, 0) is 11.2 Å². The normalized spacial score (nSPS) is 46.9. The number of aryl methyl sites for hydroxylation is 2. The highest BCUT2D eigenvalue weighted by Gasteiger charge is 2.68. The van der Waals surface area contributed by atoms with Crippen LogP contribution in [0.15, 0.2) is 18.2 Å². The standard InChI is InChI=1S/C20H26O/c1-13-3-5-15-14(11-13)4-6-17-16(15)7-9-19(2)18(17)8-10-20(19)12-21-20/h3,5,11,16-18H,4,6-10,12H2,1-2H3/t16-,17-,18+,19+,20+/m1/s1. The smallest absolute Gasteiger partial charge is 0.0972 e. The van der Waals surface area contributed by atoms with Gasteiger partial charge in [0.05, 0.1) is 12.2 Å². The first kappa shape index (κ1) is 12.7. The molecule has 1 aliphatic heterocycles. The maximum atomic E-state index is 5.99. The predicted molar refractivity (Wildman–Crippen MR) is 84.5 cm³/mol. The Morgan fingerprint density at radius 1 is 1.14 bits per heavy atom. The fourth-order valence-corrected chi connectivity index (χ4v) is 6.36. The third-order valence-corrected chi connectivity index (χ3v) is 7.66. The molecule has 1 saturated heterocycles. The molecule has 0 N–H and O–H groups in total. The van der Waals surface area contributed by atoms with Crippen LogP contribution in [0.1, 0.15) is 61.6 Å². The minimum Gasteiger partial charge on any atom is -0.369 e. The van der Waals surface area contributed by atoms with Gasteiger partial charge < -0.3 is 4.74 Å². The lowest BCUT2D eigenvalue weighted by Gasteiger charge is -2.50. The van der Waals surface area contributed by atoms with Crippen molar-refractivity contribution in [1.82, 2.24) is 0 Å². The lowest BCUT2D eigenvalue weighted by Crippen LogP contribution is -2.45. The second kappa shape index (κ2) is 3.93. The highest BCUT2D eigenvalue weighted by Crippen LogP contribution is 2.68. The molecule has 0 unspecified atom stereocenters. The lowest BCUT2D eigenvalue weighted by atomic mass is 9.54. The van der Waals surface area contributed by atoms with E-state index < -0.39 is 0 Å². The second-order valence-corrected chi connectivity index (χ2v) is 8.40. The molecular weight excluding hydrogens is 256 g/mol. The Hall–Kier alpha value is -0.820. The van der Waals surface area contributed by atoms with Gasteiger partial charge in [-0.25, -0.2) is 0 Å². The molecule has 1 nitrogen and oxygen atoms in total. The van der Waals surface area contributed by atoms with Crippen LogP contribution in [0.2, 0.25) is 0 Å². The van der Waals surface area contributed by atoms with Gasteiger partial charge in [-0.15, -0.1) is 0 Å². The van der Waals surface area contributed by atoms with Gasteiger partial charge in [0, 0.05) is 5.41 Å². The minimum atomic E-state index is 0.302. The number of epoxide rings is 1. The highest BCUT2D eigenvalue weighted by atomic mass is 16.6. The topological polar surface area (TPSA) is 12.5 Å². The van der Waals surface area contributed by atoms with Crippen LogP contribution in [0.5, 0.6) is 0 Å². The molecular formula is C20H26O. The van der Waals surface area contributed by atoms with Crippen LogP contribution in [0, 0.1) is 24.2 Å². The van der Waals surface area contributed by atoms with Crippen LogP contribution in [0.3, 0.4) is 0 Å². The molecule has 1 aromatic rings. The Balaban J connectivity index is 1.54. The molecule has 4 aliphatic rings. The van der Waals surface area contributed by atoms with Gasteiger partial charge in [0.2, 0.25) is 0 Å². The van der Waals surface area contributed by atoms with E-state index in [4.69, 9.17) is 4.74 Å². The fourth-order valence-electron chi connectivity index (χ4n) is 6.36. The molecule has 0 bridgehead atoms. The van der Waals surface area contributed by atoms with E-state index in [0.717, 1.165) is 24.4 Å². The van der Waals surface area contributed by atoms with E-state index >= 15 is 0 Å². The Morgan fingerprint density at radius 3 is 2.81 bits per heavy atom. The quantitative estimate of drug-likeness (QED) is 0.633. The summed E-state index contributed by atoms with van der Waals surface area (Å²) in [5, 5.41) is 0. The summed E-state index contributed by atoms with van der Waals surface area (Å²) < 4.78 is 5.99. The van der Waals surface area contributed by atoms with Crippen molar-refractivity contribution in [2.45, 2.75) is 63.9 Å². The van der Waals surface area contributed by atoms with Crippen molar-refractivity contribution < 1.29 is 4.74 Å². The van der Waals surface area contributed by atoms with Gasteiger partial charge in [0.1, 0.15) is 0 Å². The first-order chi connectivity index (χ1) is 10.1. The van der Waals surface area contributed by atoms with Crippen LogP contribution in [0.4, 0.5) is 0 Å². The fraction of sp³-hybridized carbons (Fsp3) is 0.700. The molecule has 0 radical (unpaired) electrons. The van der Waals surface area contributed by atoms with E-state index in [1.165, 1.54) is 44.1 Å².